The summed E-state index contributed by atoms with van der Waals surface area (Å²) >= 11 is 0. The van der Waals surface area contributed by atoms with E-state index in [9.17, 15) is 9.59 Å². The predicted molar refractivity (Wildman–Crippen MR) is 66.0 cm³/mol. The summed E-state index contributed by atoms with van der Waals surface area (Å²) in [6, 6.07) is -0.907. The van der Waals surface area contributed by atoms with Crippen LogP contribution < -0.4 is 10.7 Å². The highest BCUT2D eigenvalue weighted by Gasteiger charge is 2.46. The van der Waals surface area contributed by atoms with Gasteiger partial charge in [-0.15, -0.1) is 0 Å². The normalized spacial score (nSPS) is 26.6. The van der Waals surface area contributed by atoms with Crippen molar-refractivity contribution in [3.63, 3.8) is 0 Å². The van der Waals surface area contributed by atoms with Gasteiger partial charge in [-0.2, -0.15) is 5.10 Å². The van der Waals surface area contributed by atoms with E-state index in [1.807, 2.05) is 13.8 Å². The molecule has 0 aromatic carbocycles. The van der Waals surface area contributed by atoms with Crippen molar-refractivity contribution in [2.75, 3.05) is 14.1 Å². The molecule has 3 amide bonds. The number of fused-ring (bicyclic) bond motifs is 1. The van der Waals surface area contributed by atoms with Crippen LogP contribution >= 0.6 is 0 Å². The summed E-state index contributed by atoms with van der Waals surface area (Å²) in [5.74, 6) is 0.107. The van der Waals surface area contributed by atoms with Crippen molar-refractivity contribution in [2.24, 2.45) is 10.1 Å². The number of imide groups is 1. The van der Waals surface area contributed by atoms with Gasteiger partial charge in [-0.25, -0.2) is 15.2 Å². The summed E-state index contributed by atoms with van der Waals surface area (Å²) < 4.78 is 0. The van der Waals surface area contributed by atoms with Gasteiger partial charge in [0.05, 0.1) is 0 Å². The van der Waals surface area contributed by atoms with Crippen LogP contribution in [0.2, 0.25) is 0 Å². The van der Waals surface area contributed by atoms with Gasteiger partial charge in [0.2, 0.25) is 5.96 Å². The molecule has 0 spiro atoms. The van der Waals surface area contributed by atoms with Crippen LogP contribution in [0.15, 0.2) is 10.1 Å². The van der Waals surface area contributed by atoms with E-state index in [0.717, 1.165) is 10.6 Å². The summed E-state index contributed by atoms with van der Waals surface area (Å²) in [6.45, 7) is 3.67. The lowest BCUT2D eigenvalue weighted by molar-refractivity contribution is -0.133. The van der Waals surface area contributed by atoms with Gasteiger partial charge < -0.3 is 10.2 Å². The Morgan fingerprint density at radius 3 is 2.67 bits per heavy atom. The fourth-order valence-corrected chi connectivity index (χ4v) is 1.84. The van der Waals surface area contributed by atoms with E-state index in [4.69, 9.17) is 0 Å². The molecule has 0 saturated carbocycles. The van der Waals surface area contributed by atoms with E-state index in [1.165, 1.54) is 11.9 Å². The third kappa shape index (κ3) is 1.89. The van der Waals surface area contributed by atoms with Crippen molar-refractivity contribution in [3.05, 3.63) is 0 Å². The van der Waals surface area contributed by atoms with E-state index >= 15 is 0 Å². The first kappa shape index (κ1) is 12.3. The molecule has 18 heavy (non-hydrogen) atoms. The number of hydrazone groups is 1. The van der Waals surface area contributed by atoms with Gasteiger partial charge in [-0.05, 0) is 13.8 Å². The molecule has 0 bridgehead atoms. The Hall–Kier alpha value is -2.12. The molecular weight excluding hydrogens is 236 g/mol. The summed E-state index contributed by atoms with van der Waals surface area (Å²) in [5.41, 5.74) is 3.56. The molecule has 2 N–H and O–H groups in total. The zero-order valence-corrected chi connectivity index (χ0v) is 10.8. The van der Waals surface area contributed by atoms with Crippen LogP contribution in [0.25, 0.3) is 0 Å². The van der Waals surface area contributed by atoms with Gasteiger partial charge in [-0.3, -0.25) is 9.69 Å². The molecule has 0 aromatic rings. The number of nitrogens with zero attached hydrogens (tertiary/aromatic N) is 4. The molecule has 2 aliphatic heterocycles. The zero-order valence-electron chi connectivity index (χ0n) is 10.8. The Kier molecular flexibility index (Phi) is 2.93. The van der Waals surface area contributed by atoms with Crippen molar-refractivity contribution in [1.29, 1.82) is 0 Å². The molecule has 2 rings (SSSR count). The molecule has 2 atom stereocenters. The summed E-state index contributed by atoms with van der Waals surface area (Å²) in [4.78, 5) is 30.4. The molecule has 1 saturated heterocycles. The minimum absolute atomic E-state index is 0.291. The number of amides is 3. The maximum absolute atomic E-state index is 11.9. The lowest BCUT2D eigenvalue weighted by Gasteiger charge is -2.36. The Bertz CT molecular complexity index is 453. The molecule has 2 heterocycles. The highest BCUT2D eigenvalue weighted by molar-refractivity contribution is 6.03. The second-order valence-electron chi connectivity index (χ2n) is 4.47. The third-order valence-corrected chi connectivity index (χ3v) is 2.82. The fourth-order valence-electron chi connectivity index (χ4n) is 1.84. The van der Waals surface area contributed by atoms with Crippen molar-refractivity contribution in [2.45, 2.75) is 26.1 Å². The average molecular weight is 252 g/mol. The second-order valence-corrected chi connectivity index (χ2v) is 4.47. The number of rotatable bonds is 1. The van der Waals surface area contributed by atoms with E-state index in [2.05, 4.69) is 20.8 Å². The van der Waals surface area contributed by atoms with E-state index in [0.29, 0.717) is 5.96 Å². The highest BCUT2D eigenvalue weighted by Crippen LogP contribution is 2.19. The Morgan fingerprint density at radius 1 is 1.39 bits per heavy atom. The molecule has 0 radical (unpaired) electrons. The first-order valence-corrected chi connectivity index (χ1v) is 5.57. The van der Waals surface area contributed by atoms with E-state index < -0.39 is 12.2 Å². The standard InChI is InChI=1S/C10H16N6O2/c1-5(2)13-14-9-11-6-7(12-9)15(3)10(18)16(4)8(6)17/h6-7H,1-4H3,(H2,11,12,14). The van der Waals surface area contributed by atoms with Crippen LogP contribution in [-0.4, -0.2) is 59.7 Å². The van der Waals surface area contributed by atoms with Crippen LogP contribution in [0.4, 0.5) is 4.79 Å². The molecule has 2 aliphatic rings. The van der Waals surface area contributed by atoms with Crippen molar-refractivity contribution >= 4 is 23.6 Å². The summed E-state index contributed by atoms with van der Waals surface area (Å²) in [6.07, 6.45) is -0.518. The molecule has 1 fully saturated rings. The van der Waals surface area contributed by atoms with Crippen LogP contribution in [0.5, 0.6) is 0 Å². The number of hydrogen-bond donors (Lipinski definition) is 2. The highest BCUT2D eigenvalue weighted by atomic mass is 16.2. The number of likely N-dealkylation sites (N-methyl/N-ethyl adjacent to an activating group) is 2. The fraction of sp³-hybridized carbons (Fsp3) is 0.600. The molecule has 98 valence electrons. The number of aliphatic imine (C=N–C) groups is 1. The Balaban J connectivity index is 2.18. The number of urea groups is 1. The van der Waals surface area contributed by atoms with E-state index in [1.54, 1.807) is 7.05 Å². The van der Waals surface area contributed by atoms with Gasteiger partial charge >= 0.3 is 6.03 Å². The molecular formula is C10H16N6O2. The lowest BCUT2D eigenvalue weighted by Crippen LogP contribution is -2.63. The topological polar surface area (TPSA) is 89.4 Å². The van der Waals surface area contributed by atoms with Gasteiger partial charge in [0.25, 0.3) is 5.91 Å². The smallest absolute Gasteiger partial charge is 0.328 e. The van der Waals surface area contributed by atoms with Gasteiger partial charge in [0.15, 0.2) is 6.17 Å². The van der Waals surface area contributed by atoms with Crippen LogP contribution in [-0.2, 0) is 4.79 Å². The number of hydrogen-bond acceptors (Lipinski definition) is 6. The van der Waals surface area contributed by atoms with Crippen LogP contribution in [0.3, 0.4) is 0 Å². The molecule has 0 aromatic heterocycles. The third-order valence-electron chi connectivity index (χ3n) is 2.82. The minimum atomic E-state index is -0.549. The molecule has 8 nitrogen and oxygen atoms in total. The average Bonchev–Trinajstić information content (AvgIpc) is 2.75. The van der Waals surface area contributed by atoms with Crippen molar-refractivity contribution < 1.29 is 9.59 Å². The number of nitrogens with one attached hydrogen (secondary N) is 2. The van der Waals surface area contributed by atoms with Gasteiger partial charge in [0.1, 0.15) is 6.04 Å². The molecule has 2 unspecified atom stereocenters. The number of carbonyl (C=O) groups is 2. The Morgan fingerprint density at radius 2 is 2.06 bits per heavy atom. The SMILES string of the molecule is CC(C)=NNC1=NC2C(N1)C(=O)N(C)C(=O)N2C. The molecule has 8 heteroatoms. The first-order chi connectivity index (χ1) is 8.41. The quantitative estimate of drug-likeness (QED) is 0.470. The first-order valence-electron chi connectivity index (χ1n) is 5.57. The maximum atomic E-state index is 11.9. The summed E-state index contributed by atoms with van der Waals surface area (Å²) in [7, 11) is 3.07. The molecule has 0 aliphatic carbocycles. The van der Waals surface area contributed by atoms with Gasteiger partial charge in [-0.1, -0.05) is 0 Å². The largest absolute Gasteiger partial charge is 0.340 e. The van der Waals surface area contributed by atoms with Crippen LogP contribution in [0, 0.1) is 0 Å². The number of guanidine groups is 1. The minimum Gasteiger partial charge on any atom is -0.340 e. The Labute approximate surface area is 105 Å². The van der Waals surface area contributed by atoms with Crippen molar-refractivity contribution in [3.8, 4) is 0 Å². The monoisotopic (exact) mass is 252 g/mol. The maximum Gasteiger partial charge on any atom is 0.328 e. The van der Waals surface area contributed by atoms with Gasteiger partial charge in [0, 0.05) is 19.8 Å². The zero-order chi connectivity index (χ0) is 13.4. The van der Waals surface area contributed by atoms with E-state index in [-0.39, 0.29) is 11.9 Å². The number of carbonyl (C=O) groups excluding carboxylic acids is 2. The summed E-state index contributed by atoms with van der Waals surface area (Å²) in [5, 5.41) is 6.92. The van der Waals surface area contributed by atoms with Crippen molar-refractivity contribution in [1.82, 2.24) is 20.5 Å². The second kappa shape index (κ2) is 4.28. The van der Waals surface area contributed by atoms with Crippen LogP contribution in [0.1, 0.15) is 13.8 Å². The predicted octanol–water partition coefficient (Wildman–Crippen LogP) is -0.850. The lowest BCUT2D eigenvalue weighted by atomic mass is 10.1.